The Morgan fingerprint density at radius 1 is 1.16 bits per heavy atom. The van der Waals surface area contributed by atoms with Crippen LogP contribution in [-0.4, -0.2) is 11.7 Å². The largest absolute Gasteiger partial charge is 0.489 e. The SMILES string of the molecule is OCCc1ccccc1OCc1cc(F)cc(Br)c1. The first kappa shape index (κ1) is 14.0. The van der Waals surface area contributed by atoms with Crippen LogP contribution >= 0.6 is 15.9 Å². The average Bonchev–Trinajstić information content (AvgIpc) is 2.37. The van der Waals surface area contributed by atoms with E-state index in [1.165, 1.54) is 12.1 Å². The Kier molecular flexibility index (Phi) is 4.93. The van der Waals surface area contributed by atoms with Gasteiger partial charge in [-0.3, -0.25) is 0 Å². The number of hydrogen-bond acceptors (Lipinski definition) is 2. The molecular weight excluding hydrogens is 311 g/mol. The third-order valence-corrected chi connectivity index (χ3v) is 3.13. The number of rotatable bonds is 5. The minimum atomic E-state index is -0.295. The van der Waals surface area contributed by atoms with Gasteiger partial charge in [0.15, 0.2) is 0 Å². The van der Waals surface area contributed by atoms with E-state index in [-0.39, 0.29) is 12.4 Å². The Morgan fingerprint density at radius 2 is 1.95 bits per heavy atom. The second-order valence-electron chi connectivity index (χ2n) is 4.15. The fraction of sp³-hybridized carbons (Fsp3) is 0.200. The van der Waals surface area contributed by atoms with E-state index in [0.717, 1.165) is 16.9 Å². The molecule has 19 heavy (non-hydrogen) atoms. The summed E-state index contributed by atoms with van der Waals surface area (Å²) in [6.07, 6.45) is 0.545. The van der Waals surface area contributed by atoms with Gasteiger partial charge in [0.25, 0.3) is 0 Å². The normalized spacial score (nSPS) is 10.5. The molecular formula is C15H14BrFO2. The lowest BCUT2D eigenvalue weighted by atomic mass is 10.1. The quantitative estimate of drug-likeness (QED) is 0.908. The number of aliphatic hydroxyl groups is 1. The van der Waals surface area contributed by atoms with Crippen molar-refractivity contribution in [1.29, 1.82) is 0 Å². The van der Waals surface area contributed by atoms with Crippen molar-refractivity contribution in [1.82, 2.24) is 0 Å². The van der Waals surface area contributed by atoms with Crippen molar-refractivity contribution in [2.24, 2.45) is 0 Å². The van der Waals surface area contributed by atoms with Crippen molar-refractivity contribution in [3.05, 3.63) is 63.9 Å². The van der Waals surface area contributed by atoms with Crippen molar-refractivity contribution in [2.45, 2.75) is 13.0 Å². The molecule has 0 aliphatic carbocycles. The van der Waals surface area contributed by atoms with Gasteiger partial charge in [0.2, 0.25) is 0 Å². The Balaban J connectivity index is 2.09. The topological polar surface area (TPSA) is 29.5 Å². The second-order valence-corrected chi connectivity index (χ2v) is 5.06. The molecule has 0 heterocycles. The third-order valence-electron chi connectivity index (χ3n) is 2.67. The van der Waals surface area contributed by atoms with Gasteiger partial charge < -0.3 is 9.84 Å². The number of hydrogen-bond donors (Lipinski definition) is 1. The zero-order chi connectivity index (χ0) is 13.7. The number of ether oxygens (including phenoxy) is 1. The molecule has 2 nitrogen and oxygen atoms in total. The molecule has 0 saturated carbocycles. The van der Waals surface area contributed by atoms with Crippen LogP contribution in [0.2, 0.25) is 0 Å². The minimum Gasteiger partial charge on any atom is -0.489 e. The van der Waals surface area contributed by atoms with Crippen molar-refractivity contribution in [3.63, 3.8) is 0 Å². The molecule has 2 aromatic carbocycles. The highest BCUT2D eigenvalue weighted by Gasteiger charge is 2.04. The molecule has 0 spiro atoms. The van der Waals surface area contributed by atoms with Gasteiger partial charge in [-0.15, -0.1) is 0 Å². The molecule has 0 amide bonds. The summed E-state index contributed by atoms with van der Waals surface area (Å²) in [6.45, 7) is 0.366. The predicted molar refractivity (Wildman–Crippen MR) is 75.7 cm³/mol. The van der Waals surface area contributed by atoms with Gasteiger partial charge in [0, 0.05) is 11.1 Å². The summed E-state index contributed by atoms with van der Waals surface area (Å²) in [6, 6.07) is 12.2. The predicted octanol–water partition coefficient (Wildman–Crippen LogP) is 3.70. The Morgan fingerprint density at radius 3 is 2.68 bits per heavy atom. The Hall–Kier alpha value is -1.39. The van der Waals surface area contributed by atoms with Crippen LogP contribution in [0.1, 0.15) is 11.1 Å². The molecule has 4 heteroatoms. The maximum Gasteiger partial charge on any atom is 0.124 e. The van der Waals surface area contributed by atoms with Crippen molar-refractivity contribution < 1.29 is 14.2 Å². The monoisotopic (exact) mass is 324 g/mol. The second kappa shape index (κ2) is 6.68. The van der Waals surface area contributed by atoms with Crippen LogP contribution in [0, 0.1) is 5.82 Å². The molecule has 0 radical (unpaired) electrons. The van der Waals surface area contributed by atoms with Gasteiger partial charge in [0.1, 0.15) is 18.2 Å². The molecule has 2 aromatic rings. The summed E-state index contributed by atoms with van der Waals surface area (Å²) < 4.78 is 19.6. The van der Waals surface area contributed by atoms with E-state index in [1.807, 2.05) is 30.3 Å². The summed E-state index contributed by atoms with van der Waals surface area (Å²) in [4.78, 5) is 0. The maximum atomic E-state index is 13.2. The van der Waals surface area contributed by atoms with Crippen molar-refractivity contribution in [3.8, 4) is 5.75 Å². The Labute approximate surface area is 120 Å². The molecule has 0 aliphatic heterocycles. The summed E-state index contributed by atoms with van der Waals surface area (Å²) in [5, 5.41) is 8.99. The summed E-state index contributed by atoms with van der Waals surface area (Å²) in [5.74, 6) is 0.425. The van der Waals surface area contributed by atoms with E-state index in [9.17, 15) is 4.39 Å². The molecule has 0 saturated heterocycles. The first-order valence-corrected chi connectivity index (χ1v) is 6.75. The third kappa shape index (κ3) is 4.04. The van der Waals surface area contributed by atoms with E-state index in [1.54, 1.807) is 0 Å². The minimum absolute atomic E-state index is 0.0753. The van der Waals surface area contributed by atoms with Crippen LogP contribution in [0.4, 0.5) is 4.39 Å². The lowest BCUT2D eigenvalue weighted by Crippen LogP contribution is -2.00. The van der Waals surface area contributed by atoms with Gasteiger partial charge in [0.05, 0.1) is 0 Å². The lowest BCUT2D eigenvalue weighted by Gasteiger charge is -2.11. The molecule has 0 atom stereocenters. The molecule has 0 fully saturated rings. The average molecular weight is 325 g/mol. The van der Waals surface area contributed by atoms with Crippen LogP contribution in [0.15, 0.2) is 46.9 Å². The molecule has 2 rings (SSSR count). The number of benzene rings is 2. The number of aliphatic hydroxyl groups excluding tert-OH is 1. The van der Waals surface area contributed by atoms with E-state index in [0.29, 0.717) is 17.5 Å². The van der Waals surface area contributed by atoms with Gasteiger partial charge in [-0.2, -0.15) is 0 Å². The highest BCUT2D eigenvalue weighted by atomic mass is 79.9. The summed E-state index contributed by atoms with van der Waals surface area (Å²) in [7, 11) is 0. The maximum absolute atomic E-state index is 13.2. The van der Waals surface area contributed by atoms with Crippen LogP contribution in [0.25, 0.3) is 0 Å². The fourth-order valence-electron chi connectivity index (χ4n) is 1.83. The fourth-order valence-corrected chi connectivity index (χ4v) is 2.34. The first-order valence-electron chi connectivity index (χ1n) is 5.95. The van der Waals surface area contributed by atoms with Gasteiger partial charge in [-0.1, -0.05) is 34.1 Å². The molecule has 1 N–H and O–H groups in total. The van der Waals surface area contributed by atoms with Crippen LogP contribution < -0.4 is 4.74 Å². The summed E-state index contributed by atoms with van der Waals surface area (Å²) >= 11 is 3.25. The van der Waals surface area contributed by atoms with E-state index in [4.69, 9.17) is 9.84 Å². The van der Waals surface area contributed by atoms with Gasteiger partial charge in [-0.25, -0.2) is 4.39 Å². The lowest BCUT2D eigenvalue weighted by molar-refractivity contribution is 0.283. The van der Waals surface area contributed by atoms with Crippen LogP contribution in [0.3, 0.4) is 0 Å². The van der Waals surface area contributed by atoms with Gasteiger partial charge in [-0.05, 0) is 41.8 Å². The number of para-hydroxylation sites is 1. The Bertz CT molecular complexity index is 537. The van der Waals surface area contributed by atoms with Crippen LogP contribution in [0.5, 0.6) is 5.75 Å². The zero-order valence-corrected chi connectivity index (χ0v) is 11.9. The van der Waals surface area contributed by atoms with Crippen molar-refractivity contribution in [2.75, 3.05) is 6.61 Å². The molecule has 100 valence electrons. The zero-order valence-electron chi connectivity index (χ0n) is 10.3. The standard InChI is InChI=1S/C15H14BrFO2/c16-13-7-11(8-14(17)9-13)10-19-15-4-2-1-3-12(15)5-6-18/h1-4,7-9,18H,5-6,10H2. The van der Waals surface area contributed by atoms with E-state index >= 15 is 0 Å². The van der Waals surface area contributed by atoms with Gasteiger partial charge >= 0.3 is 0 Å². The molecule has 0 bridgehead atoms. The van der Waals surface area contributed by atoms with Crippen molar-refractivity contribution >= 4 is 15.9 Å². The number of halogens is 2. The molecule has 0 unspecified atom stereocenters. The highest BCUT2D eigenvalue weighted by Crippen LogP contribution is 2.21. The van der Waals surface area contributed by atoms with E-state index in [2.05, 4.69) is 15.9 Å². The smallest absolute Gasteiger partial charge is 0.124 e. The van der Waals surface area contributed by atoms with Crippen LogP contribution in [-0.2, 0) is 13.0 Å². The summed E-state index contributed by atoms with van der Waals surface area (Å²) in [5.41, 5.74) is 1.70. The molecule has 0 aromatic heterocycles. The molecule has 0 aliphatic rings. The first-order chi connectivity index (χ1) is 9.19. The van der Waals surface area contributed by atoms with E-state index < -0.39 is 0 Å². The highest BCUT2D eigenvalue weighted by molar-refractivity contribution is 9.10.